The number of methoxy groups -OCH3 is 1. The lowest BCUT2D eigenvalue weighted by molar-refractivity contribution is 0.0601. The Morgan fingerprint density at radius 3 is 2.52 bits per heavy atom. The van der Waals surface area contributed by atoms with Crippen LogP contribution in [0.1, 0.15) is 21.5 Å². The second-order valence-electron chi connectivity index (χ2n) is 4.72. The second kappa shape index (κ2) is 7.18. The quantitative estimate of drug-likeness (QED) is 0.666. The van der Waals surface area contributed by atoms with E-state index in [-0.39, 0.29) is 5.97 Å². The number of ether oxygens (including phenoxy) is 1. The van der Waals surface area contributed by atoms with E-state index in [2.05, 4.69) is 35.8 Å². The van der Waals surface area contributed by atoms with Crippen LogP contribution < -0.4 is 5.32 Å². The predicted octanol–water partition coefficient (Wildman–Crippen LogP) is 4.12. The van der Waals surface area contributed by atoms with E-state index < -0.39 is 0 Å². The summed E-state index contributed by atoms with van der Waals surface area (Å²) >= 11 is 1.73. The molecule has 110 valence electrons. The van der Waals surface area contributed by atoms with E-state index in [0.717, 1.165) is 17.8 Å². The van der Waals surface area contributed by atoms with Gasteiger partial charge in [-0.15, -0.1) is 11.8 Å². The van der Waals surface area contributed by atoms with Crippen molar-refractivity contribution in [1.29, 1.82) is 0 Å². The van der Waals surface area contributed by atoms with E-state index in [0.29, 0.717) is 5.56 Å². The van der Waals surface area contributed by atoms with E-state index in [1.807, 2.05) is 19.1 Å². The van der Waals surface area contributed by atoms with Crippen molar-refractivity contribution in [3.05, 3.63) is 59.2 Å². The van der Waals surface area contributed by atoms with Crippen molar-refractivity contribution in [1.82, 2.24) is 0 Å². The molecule has 2 aromatic rings. The summed E-state index contributed by atoms with van der Waals surface area (Å²) in [6.45, 7) is 2.74. The molecule has 21 heavy (non-hydrogen) atoms. The van der Waals surface area contributed by atoms with E-state index >= 15 is 0 Å². The molecule has 0 amide bonds. The molecule has 0 atom stereocenters. The third-order valence-electron chi connectivity index (χ3n) is 3.30. The molecule has 0 aliphatic rings. The highest BCUT2D eigenvalue weighted by atomic mass is 32.2. The number of thioether (sulfide) groups is 1. The van der Waals surface area contributed by atoms with Gasteiger partial charge in [-0.25, -0.2) is 4.79 Å². The van der Waals surface area contributed by atoms with E-state index in [1.165, 1.54) is 17.6 Å². The van der Waals surface area contributed by atoms with Crippen molar-refractivity contribution in [2.45, 2.75) is 18.4 Å². The first-order chi connectivity index (χ1) is 10.1. The zero-order valence-corrected chi connectivity index (χ0v) is 13.3. The Morgan fingerprint density at radius 2 is 1.90 bits per heavy atom. The maximum absolute atomic E-state index is 11.6. The average molecular weight is 301 g/mol. The maximum Gasteiger partial charge on any atom is 0.337 e. The highest BCUT2D eigenvalue weighted by Gasteiger charge is 2.07. The summed E-state index contributed by atoms with van der Waals surface area (Å²) in [4.78, 5) is 12.8. The van der Waals surface area contributed by atoms with Crippen molar-refractivity contribution in [3.8, 4) is 0 Å². The summed E-state index contributed by atoms with van der Waals surface area (Å²) in [6, 6.07) is 14.0. The molecule has 0 radical (unpaired) electrons. The fraction of sp³-hybridized carbons (Fsp3) is 0.235. The zero-order chi connectivity index (χ0) is 15.2. The maximum atomic E-state index is 11.6. The van der Waals surface area contributed by atoms with E-state index in [9.17, 15) is 4.79 Å². The molecular weight excluding hydrogens is 282 g/mol. The lowest BCUT2D eigenvalue weighted by Gasteiger charge is -2.11. The summed E-state index contributed by atoms with van der Waals surface area (Å²) < 4.78 is 4.75. The summed E-state index contributed by atoms with van der Waals surface area (Å²) in [5, 5.41) is 3.37. The van der Waals surface area contributed by atoms with Gasteiger partial charge >= 0.3 is 5.97 Å². The third-order valence-corrected chi connectivity index (χ3v) is 4.04. The largest absolute Gasteiger partial charge is 0.465 e. The van der Waals surface area contributed by atoms with Gasteiger partial charge in [0, 0.05) is 17.1 Å². The Morgan fingerprint density at radius 1 is 1.19 bits per heavy atom. The van der Waals surface area contributed by atoms with Crippen LogP contribution in [-0.4, -0.2) is 19.3 Å². The number of esters is 1. The molecule has 0 fully saturated rings. The highest BCUT2D eigenvalue weighted by Crippen LogP contribution is 2.19. The van der Waals surface area contributed by atoms with Crippen molar-refractivity contribution in [2.75, 3.05) is 18.7 Å². The molecule has 2 rings (SSSR count). The van der Waals surface area contributed by atoms with Gasteiger partial charge in [-0.05, 0) is 48.6 Å². The number of benzene rings is 2. The van der Waals surface area contributed by atoms with Crippen molar-refractivity contribution < 1.29 is 9.53 Å². The molecule has 0 spiro atoms. The molecule has 0 aliphatic heterocycles. The molecule has 0 aromatic heterocycles. The minimum Gasteiger partial charge on any atom is -0.465 e. The summed E-state index contributed by atoms with van der Waals surface area (Å²) in [5.74, 6) is -0.317. The Bertz CT molecular complexity index is 623. The van der Waals surface area contributed by atoms with Gasteiger partial charge < -0.3 is 10.1 Å². The van der Waals surface area contributed by atoms with Crippen molar-refractivity contribution >= 4 is 23.4 Å². The zero-order valence-electron chi connectivity index (χ0n) is 12.5. The first-order valence-corrected chi connectivity index (χ1v) is 7.92. The highest BCUT2D eigenvalue weighted by molar-refractivity contribution is 7.98. The molecule has 0 saturated carbocycles. The van der Waals surface area contributed by atoms with E-state index in [4.69, 9.17) is 4.74 Å². The number of anilines is 1. The van der Waals surface area contributed by atoms with Crippen LogP contribution in [0.4, 0.5) is 5.69 Å². The fourth-order valence-corrected chi connectivity index (χ4v) is 2.41. The summed E-state index contributed by atoms with van der Waals surface area (Å²) in [6.07, 6.45) is 2.06. The van der Waals surface area contributed by atoms with Gasteiger partial charge in [-0.2, -0.15) is 0 Å². The number of carbonyl (C=O) groups is 1. The lowest BCUT2D eigenvalue weighted by Crippen LogP contribution is -2.05. The average Bonchev–Trinajstić information content (AvgIpc) is 2.53. The van der Waals surface area contributed by atoms with Crippen molar-refractivity contribution in [2.24, 2.45) is 0 Å². The summed E-state index contributed by atoms with van der Waals surface area (Å²) in [5.41, 5.74) is 3.81. The third kappa shape index (κ3) is 4.02. The minimum absolute atomic E-state index is 0.317. The lowest BCUT2D eigenvalue weighted by atomic mass is 10.1. The van der Waals surface area contributed by atoms with Crippen LogP contribution >= 0.6 is 11.8 Å². The molecule has 1 N–H and O–H groups in total. The topological polar surface area (TPSA) is 38.3 Å². The standard InChI is InChI=1S/C17H19NO2S/c1-12-4-7-14(17(19)20-2)10-16(12)18-11-13-5-8-15(21-3)9-6-13/h4-10,18H,11H2,1-3H3. The molecular formula is C17H19NO2S. The molecule has 0 aliphatic carbocycles. The first kappa shape index (κ1) is 15.4. The number of rotatable bonds is 5. The Labute approximate surface area is 129 Å². The Balaban J connectivity index is 2.09. The minimum atomic E-state index is -0.317. The number of aryl methyl sites for hydroxylation is 1. The number of carbonyl (C=O) groups excluding carboxylic acids is 1. The van der Waals surface area contributed by atoms with Crippen LogP contribution in [0.25, 0.3) is 0 Å². The van der Waals surface area contributed by atoms with Gasteiger partial charge in [0.2, 0.25) is 0 Å². The van der Waals surface area contributed by atoms with Gasteiger partial charge in [-0.1, -0.05) is 18.2 Å². The van der Waals surface area contributed by atoms with Gasteiger partial charge in [0.1, 0.15) is 0 Å². The number of hydrogen-bond donors (Lipinski definition) is 1. The normalized spacial score (nSPS) is 10.2. The van der Waals surface area contributed by atoms with Crippen LogP contribution in [0.3, 0.4) is 0 Å². The first-order valence-electron chi connectivity index (χ1n) is 6.70. The Hall–Kier alpha value is -1.94. The van der Waals surface area contributed by atoms with Gasteiger partial charge in [0.25, 0.3) is 0 Å². The van der Waals surface area contributed by atoms with Gasteiger partial charge in [0.15, 0.2) is 0 Å². The smallest absolute Gasteiger partial charge is 0.337 e. The monoisotopic (exact) mass is 301 g/mol. The molecule has 0 heterocycles. The molecule has 3 nitrogen and oxygen atoms in total. The van der Waals surface area contributed by atoms with Crippen molar-refractivity contribution in [3.63, 3.8) is 0 Å². The molecule has 0 unspecified atom stereocenters. The SMILES string of the molecule is COC(=O)c1ccc(C)c(NCc2ccc(SC)cc2)c1. The van der Waals surface area contributed by atoms with Crippen LogP contribution in [0.15, 0.2) is 47.4 Å². The molecule has 0 bridgehead atoms. The van der Waals surface area contributed by atoms with Crippen LogP contribution in [0.5, 0.6) is 0 Å². The van der Waals surface area contributed by atoms with Crippen LogP contribution in [0, 0.1) is 6.92 Å². The summed E-state index contributed by atoms with van der Waals surface area (Å²) in [7, 11) is 1.39. The van der Waals surface area contributed by atoms with Gasteiger partial charge in [0.05, 0.1) is 12.7 Å². The molecule has 2 aromatic carbocycles. The molecule has 0 saturated heterocycles. The second-order valence-corrected chi connectivity index (χ2v) is 5.60. The fourth-order valence-electron chi connectivity index (χ4n) is 2.00. The Kier molecular flexibility index (Phi) is 5.28. The van der Waals surface area contributed by atoms with Crippen LogP contribution in [0.2, 0.25) is 0 Å². The van der Waals surface area contributed by atoms with E-state index in [1.54, 1.807) is 17.8 Å². The number of nitrogens with one attached hydrogen (secondary N) is 1. The molecule has 4 heteroatoms. The number of hydrogen-bond acceptors (Lipinski definition) is 4. The predicted molar refractivity (Wildman–Crippen MR) is 88.1 cm³/mol. The van der Waals surface area contributed by atoms with Gasteiger partial charge in [-0.3, -0.25) is 0 Å². The van der Waals surface area contributed by atoms with Crippen LogP contribution in [-0.2, 0) is 11.3 Å².